The fraction of sp³-hybridized carbons (Fsp3) is 0.833. The predicted molar refractivity (Wildman–Crippen MR) is 62.6 cm³/mol. The lowest BCUT2D eigenvalue weighted by Gasteiger charge is -2.26. The van der Waals surface area contributed by atoms with Crippen molar-refractivity contribution in [1.82, 2.24) is 0 Å². The van der Waals surface area contributed by atoms with Gasteiger partial charge in [-0.2, -0.15) is 9.98 Å². The van der Waals surface area contributed by atoms with Gasteiger partial charge in [0.05, 0.1) is 0 Å². The summed E-state index contributed by atoms with van der Waals surface area (Å²) in [5, 5.41) is 0. The largest absolute Gasteiger partial charge is 0.237 e. The molecule has 0 N–H and O–H groups in total. The van der Waals surface area contributed by atoms with Crippen LogP contribution in [0, 0.1) is 5.41 Å². The molecule has 90 valence electrons. The Kier molecular flexibility index (Phi) is 5.87. The number of hydrogen-bond acceptors (Lipinski definition) is 4. The molecule has 0 rings (SSSR count). The first-order valence-corrected chi connectivity index (χ1v) is 5.57. The van der Waals surface area contributed by atoms with Crippen molar-refractivity contribution in [2.75, 3.05) is 0 Å². The molecule has 0 unspecified atom stereocenters. The Balaban J connectivity index is 4.88. The summed E-state index contributed by atoms with van der Waals surface area (Å²) in [5.41, 5.74) is -0.818. The predicted octanol–water partition coefficient (Wildman–Crippen LogP) is 2.98. The number of hydrogen-bond donors (Lipinski definition) is 0. The van der Waals surface area contributed by atoms with E-state index in [1.165, 1.54) is 12.2 Å². The summed E-state index contributed by atoms with van der Waals surface area (Å²) in [4.78, 5) is 28.2. The highest BCUT2D eigenvalue weighted by Gasteiger charge is 2.30. The molecule has 0 heterocycles. The van der Waals surface area contributed by atoms with Crippen LogP contribution in [-0.2, 0) is 9.59 Å². The molecule has 0 aliphatic heterocycles. The van der Waals surface area contributed by atoms with Gasteiger partial charge in [0, 0.05) is 0 Å². The molecule has 0 aromatic carbocycles. The lowest BCUT2D eigenvalue weighted by molar-refractivity contribution is 0.285. The van der Waals surface area contributed by atoms with E-state index in [1.807, 2.05) is 6.92 Å². The van der Waals surface area contributed by atoms with Gasteiger partial charge in [-0.1, -0.05) is 34.1 Å². The van der Waals surface area contributed by atoms with E-state index < -0.39 is 5.66 Å². The molecule has 4 heteroatoms. The third kappa shape index (κ3) is 5.59. The number of nitrogens with zero attached hydrogens (tertiary/aromatic N) is 2. The molecular weight excluding hydrogens is 204 g/mol. The highest BCUT2D eigenvalue weighted by atomic mass is 16.1. The van der Waals surface area contributed by atoms with Gasteiger partial charge < -0.3 is 0 Å². The van der Waals surface area contributed by atoms with Crippen molar-refractivity contribution >= 4 is 12.2 Å². The molecule has 0 amide bonds. The van der Waals surface area contributed by atoms with E-state index >= 15 is 0 Å². The van der Waals surface area contributed by atoms with Crippen LogP contribution in [0.5, 0.6) is 0 Å². The molecule has 0 aliphatic rings. The van der Waals surface area contributed by atoms with Crippen LogP contribution in [0.3, 0.4) is 0 Å². The summed E-state index contributed by atoms with van der Waals surface area (Å²) in [6.07, 6.45) is 5.83. The third-order valence-corrected chi connectivity index (χ3v) is 2.43. The Morgan fingerprint density at radius 2 is 1.44 bits per heavy atom. The van der Waals surface area contributed by atoms with Crippen molar-refractivity contribution in [1.29, 1.82) is 0 Å². The van der Waals surface area contributed by atoms with E-state index in [0.29, 0.717) is 12.8 Å². The lowest BCUT2D eigenvalue weighted by Crippen LogP contribution is -2.25. The first kappa shape index (κ1) is 14.8. The maximum atomic E-state index is 10.4. The van der Waals surface area contributed by atoms with E-state index in [-0.39, 0.29) is 5.41 Å². The number of carbonyl (C=O) groups excluding carboxylic acids is 2. The molecule has 0 saturated heterocycles. The SMILES string of the molecule is CCCC(CCC(C)(C)C)(N=C=O)N=C=O. The standard InChI is InChI=1S/C12H20N2O2/c1-5-6-12(13-9-15,14-10-16)8-7-11(2,3)4/h5-8H2,1-4H3. The molecule has 0 spiro atoms. The van der Waals surface area contributed by atoms with Crippen LogP contribution in [0.4, 0.5) is 0 Å². The Morgan fingerprint density at radius 3 is 1.75 bits per heavy atom. The van der Waals surface area contributed by atoms with E-state index in [9.17, 15) is 9.59 Å². The van der Waals surface area contributed by atoms with Crippen molar-refractivity contribution in [3.8, 4) is 0 Å². The zero-order chi connectivity index (χ0) is 12.7. The van der Waals surface area contributed by atoms with Crippen LogP contribution >= 0.6 is 0 Å². The van der Waals surface area contributed by atoms with Crippen molar-refractivity contribution in [2.45, 2.75) is 59.0 Å². The van der Waals surface area contributed by atoms with Gasteiger partial charge in [0.1, 0.15) is 0 Å². The van der Waals surface area contributed by atoms with Gasteiger partial charge in [-0.05, 0) is 24.7 Å². The molecule has 0 aromatic rings. The van der Waals surface area contributed by atoms with Crippen molar-refractivity contribution in [3.05, 3.63) is 0 Å². The van der Waals surface area contributed by atoms with Crippen LogP contribution in [-0.4, -0.2) is 17.8 Å². The first-order valence-electron chi connectivity index (χ1n) is 5.57. The van der Waals surface area contributed by atoms with Crippen LogP contribution in [0.1, 0.15) is 53.4 Å². The third-order valence-electron chi connectivity index (χ3n) is 2.43. The van der Waals surface area contributed by atoms with Gasteiger partial charge in [-0.15, -0.1) is 0 Å². The second-order valence-corrected chi connectivity index (χ2v) is 5.20. The van der Waals surface area contributed by atoms with Gasteiger partial charge >= 0.3 is 0 Å². The molecule has 0 radical (unpaired) electrons. The quantitative estimate of drug-likeness (QED) is 0.514. The molecule has 0 aromatic heterocycles. The lowest BCUT2D eigenvalue weighted by atomic mass is 9.85. The highest BCUT2D eigenvalue weighted by Crippen LogP contribution is 2.31. The Morgan fingerprint density at radius 1 is 0.938 bits per heavy atom. The topological polar surface area (TPSA) is 58.9 Å². The summed E-state index contributed by atoms with van der Waals surface area (Å²) in [6.45, 7) is 8.25. The normalized spacial score (nSPS) is 14.5. The summed E-state index contributed by atoms with van der Waals surface area (Å²) in [6, 6.07) is 0. The highest BCUT2D eigenvalue weighted by molar-refractivity contribution is 5.39. The van der Waals surface area contributed by atoms with Crippen molar-refractivity contribution < 1.29 is 9.59 Å². The molecule has 4 nitrogen and oxygen atoms in total. The van der Waals surface area contributed by atoms with Gasteiger partial charge in [-0.3, -0.25) is 0 Å². The molecule has 0 aliphatic carbocycles. The van der Waals surface area contributed by atoms with Gasteiger partial charge in [0.25, 0.3) is 0 Å². The zero-order valence-electron chi connectivity index (χ0n) is 10.5. The fourth-order valence-electron chi connectivity index (χ4n) is 1.52. The summed E-state index contributed by atoms with van der Waals surface area (Å²) >= 11 is 0. The molecular formula is C12H20N2O2. The molecule has 0 bridgehead atoms. The maximum absolute atomic E-state index is 10.4. The van der Waals surface area contributed by atoms with E-state index in [0.717, 1.165) is 12.8 Å². The smallest absolute Gasteiger partial charge is 0.211 e. The van der Waals surface area contributed by atoms with Crippen molar-refractivity contribution in [3.63, 3.8) is 0 Å². The van der Waals surface area contributed by atoms with Gasteiger partial charge in [0.15, 0.2) is 5.66 Å². The summed E-state index contributed by atoms with van der Waals surface area (Å²) < 4.78 is 0. The minimum Gasteiger partial charge on any atom is -0.211 e. The first-order chi connectivity index (χ1) is 7.39. The number of rotatable bonds is 6. The van der Waals surface area contributed by atoms with Crippen LogP contribution in [0.15, 0.2) is 9.98 Å². The minimum absolute atomic E-state index is 0.121. The Bertz CT molecular complexity index is 287. The van der Waals surface area contributed by atoms with Gasteiger partial charge in [0.2, 0.25) is 12.2 Å². The molecule has 0 atom stereocenters. The summed E-state index contributed by atoms with van der Waals surface area (Å²) in [7, 11) is 0. The van der Waals surface area contributed by atoms with Crippen LogP contribution in [0.2, 0.25) is 0 Å². The van der Waals surface area contributed by atoms with Crippen LogP contribution in [0.25, 0.3) is 0 Å². The second-order valence-electron chi connectivity index (χ2n) is 5.20. The average Bonchev–Trinajstić information content (AvgIpc) is 2.15. The maximum Gasteiger partial charge on any atom is 0.237 e. The molecule has 0 saturated carbocycles. The minimum atomic E-state index is -0.939. The number of isocyanates is 2. The summed E-state index contributed by atoms with van der Waals surface area (Å²) in [5.74, 6) is 0. The van der Waals surface area contributed by atoms with E-state index in [2.05, 4.69) is 30.8 Å². The van der Waals surface area contributed by atoms with E-state index in [4.69, 9.17) is 0 Å². The van der Waals surface area contributed by atoms with Crippen molar-refractivity contribution in [2.24, 2.45) is 15.4 Å². The number of aliphatic imine (C=N–C) groups is 2. The Labute approximate surface area is 96.9 Å². The average molecular weight is 224 g/mol. The van der Waals surface area contributed by atoms with E-state index in [1.54, 1.807) is 0 Å². The van der Waals surface area contributed by atoms with Gasteiger partial charge in [-0.25, -0.2) is 9.59 Å². The zero-order valence-corrected chi connectivity index (χ0v) is 10.5. The monoisotopic (exact) mass is 224 g/mol. The van der Waals surface area contributed by atoms with Crippen LogP contribution < -0.4 is 0 Å². The molecule has 0 fully saturated rings. The fourth-order valence-corrected chi connectivity index (χ4v) is 1.52. The second kappa shape index (κ2) is 6.37. The Hall–Kier alpha value is -1.24. The molecule has 16 heavy (non-hydrogen) atoms.